The molecule has 0 aromatic heterocycles. The molecule has 2 aromatic rings. The largest absolute Gasteiger partial charge is 0.398 e. The molecular formula is C14H12ClNO. The summed E-state index contributed by atoms with van der Waals surface area (Å²) in [4.78, 5) is 11.0. The number of benzene rings is 2. The Morgan fingerprint density at radius 1 is 1.18 bits per heavy atom. The van der Waals surface area contributed by atoms with Crippen LogP contribution in [-0.4, -0.2) is 6.29 Å². The Labute approximate surface area is 105 Å². The minimum absolute atomic E-state index is 0.612. The Morgan fingerprint density at radius 3 is 2.59 bits per heavy atom. The molecule has 86 valence electrons. The molecule has 2 nitrogen and oxygen atoms in total. The maximum atomic E-state index is 11.0. The zero-order valence-corrected chi connectivity index (χ0v) is 10.2. The standard InChI is InChI=1S/C14H12ClNO/c1-9-6-11(15)7-13(14(9)16)12-5-3-2-4-10(12)8-17/h2-8H,16H2,1H3. The van der Waals surface area contributed by atoms with E-state index < -0.39 is 0 Å². The van der Waals surface area contributed by atoms with Gasteiger partial charge in [0.1, 0.15) is 0 Å². The number of aryl methyl sites for hydroxylation is 1. The van der Waals surface area contributed by atoms with Crippen LogP contribution in [0.15, 0.2) is 36.4 Å². The molecule has 0 spiro atoms. The SMILES string of the molecule is Cc1cc(Cl)cc(-c2ccccc2C=O)c1N. The molecule has 0 aliphatic carbocycles. The molecule has 0 amide bonds. The summed E-state index contributed by atoms with van der Waals surface area (Å²) in [6.07, 6.45) is 0.824. The van der Waals surface area contributed by atoms with E-state index in [1.807, 2.05) is 31.2 Å². The van der Waals surface area contributed by atoms with Gasteiger partial charge >= 0.3 is 0 Å². The zero-order chi connectivity index (χ0) is 12.4. The second-order valence-electron chi connectivity index (χ2n) is 3.89. The number of carbonyl (C=O) groups is 1. The smallest absolute Gasteiger partial charge is 0.150 e. The van der Waals surface area contributed by atoms with Crippen molar-refractivity contribution in [3.8, 4) is 11.1 Å². The number of aldehydes is 1. The molecule has 2 rings (SSSR count). The lowest BCUT2D eigenvalue weighted by atomic mass is 9.97. The van der Waals surface area contributed by atoms with Crippen molar-refractivity contribution in [3.63, 3.8) is 0 Å². The average molecular weight is 246 g/mol. The third kappa shape index (κ3) is 2.17. The summed E-state index contributed by atoms with van der Waals surface area (Å²) in [7, 11) is 0. The summed E-state index contributed by atoms with van der Waals surface area (Å²) < 4.78 is 0. The van der Waals surface area contributed by atoms with Gasteiger partial charge in [0.05, 0.1) is 0 Å². The Kier molecular flexibility index (Phi) is 3.16. The quantitative estimate of drug-likeness (QED) is 0.647. The fourth-order valence-electron chi connectivity index (χ4n) is 1.82. The van der Waals surface area contributed by atoms with Gasteiger partial charge in [0.25, 0.3) is 0 Å². The normalized spacial score (nSPS) is 10.2. The van der Waals surface area contributed by atoms with Crippen LogP contribution in [0.25, 0.3) is 11.1 Å². The lowest BCUT2D eigenvalue weighted by Crippen LogP contribution is -1.96. The third-order valence-electron chi connectivity index (χ3n) is 2.73. The van der Waals surface area contributed by atoms with E-state index in [0.29, 0.717) is 16.3 Å². The molecule has 3 heteroatoms. The van der Waals surface area contributed by atoms with Gasteiger partial charge in [0.15, 0.2) is 6.29 Å². The van der Waals surface area contributed by atoms with Crippen molar-refractivity contribution in [3.05, 3.63) is 52.5 Å². The predicted octanol–water partition coefficient (Wildman–Crippen LogP) is 3.71. The number of halogens is 1. The summed E-state index contributed by atoms with van der Waals surface area (Å²) in [6, 6.07) is 10.9. The van der Waals surface area contributed by atoms with Crippen molar-refractivity contribution in [1.29, 1.82) is 0 Å². The van der Waals surface area contributed by atoms with E-state index in [1.54, 1.807) is 12.1 Å². The molecule has 0 aliphatic rings. The molecule has 0 fully saturated rings. The number of anilines is 1. The third-order valence-corrected chi connectivity index (χ3v) is 2.95. The van der Waals surface area contributed by atoms with Crippen LogP contribution in [0.4, 0.5) is 5.69 Å². The zero-order valence-electron chi connectivity index (χ0n) is 9.41. The van der Waals surface area contributed by atoms with Gasteiger partial charge in [-0.3, -0.25) is 4.79 Å². The molecule has 0 bridgehead atoms. The van der Waals surface area contributed by atoms with Crippen LogP contribution in [0, 0.1) is 6.92 Å². The molecule has 0 heterocycles. The summed E-state index contributed by atoms with van der Waals surface area (Å²) in [5.74, 6) is 0. The van der Waals surface area contributed by atoms with E-state index in [0.717, 1.165) is 23.0 Å². The second kappa shape index (κ2) is 4.60. The molecule has 17 heavy (non-hydrogen) atoms. The monoisotopic (exact) mass is 245 g/mol. The Hall–Kier alpha value is -1.80. The van der Waals surface area contributed by atoms with Crippen LogP contribution in [0.1, 0.15) is 15.9 Å². The van der Waals surface area contributed by atoms with Gasteiger partial charge in [-0.1, -0.05) is 35.9 Å². The fraction of sp³-hybridized carbons (Fsp3) is 0.0714. The lowest BCUT2D eigenvalue weighted by molar-refractivity contribution is 0.112. The predicted molar refractivity (Wildman–Crippen MR) is 71.4 cm³/mol. The second-order valence-corrected chi connectivity index (χ2v) is 4.33. The Bertz CT molecular complexity index is 578. The first-order valence-corrected chi connectivity index (χ1v) is 5.61. The van der Waals surface area contributed by atoms with E-state index in [4.69, 9.17) is 17.3 Å². The minimum atomic E-state index is 0.612. The molecule has 0 unspecified atom stereocenters. The number of rotatable bonds is 2. The van der Waals surface area contributed by atoms with Crippen molar-refractivity contribution in [2.45, 2.75) is 6.92 Å². The molecule has 2 N–H and O–H groups in total. The molecular weight excluding hydrogens is 234 g/mol. The van der Waals surface area contributed by atoms with E-state index >= 15 is 0 Å². The minimum Gasteiger partial charge on any atom is -0.398 e. The average Bonchev–Trinajstić information content (AvgIpc) is 2.33. The molecule has 0 radical (unpaired) electrons. The van der Waals surface area contributed by atoms with Crippen LogP contribution in [0.2, 0.25) is 5.02 Å². The first-order valence-electron chi connectivity index (χ1n) is 5.23. The van der Waals surface area contributed by atoms with E-state index in [9.17, 15) is 4.79 Å². The van der Waals surface area contributed by atoms with Gasteiger partial charge in [-0.15, -0.1) is 0 Å². The molecule has 2 aromatic carbocycles. The van der Waals surface area contributed by atoms with Gasteiger partial charge in [-0.05, 0) is 30.2 Å². The van der Waals surface area contributed by atoms with Crippen molar-refractivity contribution in [2.24, 2.45) is 0 Å². The first-order chi connectivity index (χ1) is 8.13. The maximum absolute atomic E-state index is 11.0. The summed E-state index contributed by atoms with van der Waals surface area (Å²) >= 11 is 6.02. The lowest BCUT2D eigenvalue weighted by Gasteiger charge is -2.11. The van der Waals surface area contributed by atoms with Gasteiger partial charge < -0.3 is 5.73 Å². The molecule has 0 aliphatic heterocycles. The molecule has 0 atom stereocenters. The van der Waals surface area contributed by atoms with E-state index in [2.05, 4.69) is 0 Å². The van der Waals surface area contributed by atoms with Gasteiger partial charge in [0.2, 0.25) is 0 Å². The van der Waals surface area contributed by atoms with Crippen LogP contribution < -0.4 is 5.73 Å². The highest BCUT2D eigenvalue weighted by molar-refractivity contribution is 6.31. The summed E-state index contributed by atoms with van der Waals surface area (Å²) in [5.41, 5.74) is 9.83. The van der Waals surface area contributed by atoms with Crippen molar-refractivity contribution >= 4 is 23.6 Å². The topological polar surface area (TPSA) is 43.1 Å². The van der Waals surface area contributed by atoms with Crippen LogP contribution in [0.3, 0.4) is 0 Å². The first kappa shape index (κ1) is 11.7. The summed E-state index contributed by atoms with van der Waals surface area (Å²) in [6.45, 7) is 1.90. The number of hydrogen-bond acceptors (Lipinski definition) is 2. The molecule has 0 saturated heterocycles. The van der Waals surface area contributed by atoms with Crippen molar-refractivity contribution < 1.29 is 4.79 Å². The highest BCUT2D eigenvalue weighted by Crippen LogP contribution is 2.33. The van der Waals surface area contributed by atoms with Crippen molar-refractivity contribution in [2.75, 3.05) is 5.73 Å². The van der Waals surface area contributed by atoms with Crippen molar-refractivity contribution in [1.82, 2.24) is 0 Å². The van der Waals surface area contributed by atoms with Crippen LogP contribution in [-0.2, 0) is 0 Å². The van der Waals surface area contributed by atoms with Crippen LogP contribution >= 0.6 is 11.6 Å². The number of hydrogen-bond donors (Lipinski definition) is 1. The van der Waals surface area contributed by atoms with E-state index in [-0.39, 0.29) is 0 Å². The Balaban J connectivity index is 2.72. The van der Waals surface area contributed by atoms with Gasteiger partial charge in [-0.2, -0.15) is 0 Å². The van der Waals surface area contributed by atoms with Crippen LogP contribution in [0.5, 0.6) is 0 Å². The van der Waals surface area contributed by atoms with Gasteiger partial charge in [-0.25, -0.2) is 0 Å². The number of carbonyl (C=O) groups excluding carboxylic acids is 1. The highest BCUT2D eigenvalue weighted by Gasteiger charge is 2.10. The number of nitrogen functional groups attached to an aromatic ring is 1. The fourth-order valence-corrected chi connectivity index (χ4v) is 2.09. The Morgan fingerprint density at radius 2 is 1.88 bits per heavy atom. The molecule has 0 saturated carbocycles. The van der Waals surface area contributed by atoms with Gasteiger partial charge in [0, 0.05) is 21.8 Å². The van der Waals surface area contributed by atoms with E-state index in [1.165, 1.54) is 0 Å². The summed E-state index contributed by atoms with van der Waals surface area (Å²) in [5, 5.41) is 0.618. The number of nitrogens with two attached hydrogens (primary N) is 1. The highest BCUT2D eigenvalue weighted by atomic mass is 35.5. The maximum Gasteiger partial charge on any atom is 0.150 e.